The van der Waals surface area contributed by atoms with E-state index in [0.29, 0.717) is 0 Å². The molecule has 134 valence electrons. The van der Waals surface area contributed by atoms with E-state index in [2.05, 4.69) is 27.0 Å². The van der Waals surface area contributed by atoms with Gasteiger partial charge in [0.25, 0.3) is 0 Å². The first-order chi connectivity index (χ1) is 13.2. The number of fused-ring (bicyclic) bond motifs is 3. The molecule has 0 unspecified atom stereocenters. The Labute approximate surface area is 164 Å². The molecule has 5 rings (SSSR count). The molecule has 0 amide bonds. The molecule has 2 atom stereocenters. The summed E-state index contributed by atoms with van der Waals surface area (Å²) >= 11 is 3.55. The maximum absolute atomic E-state index is 13.3. The van der Waals surface area contributed by atoms with Crippen LogP contribution in [0.1, 0.15) is 35.4 Å². The minimum Gasteiger partial charge on any atom is -0.464 e. The van der Waals surface area contributed by atoms with Gasteiger partial charge in [0.2, 0.25) is 6.23 Å². The topological polar surface area (TPSA) is 37.7 Å². The highest BCUT2D eigenvalue weighted by Gasteiger charge is 2.41. The van der Waals surface area contributed by atoms with Crippen molar-refractivity contribution in [3.63, 3.8) is 0 Å². The third-order valence-corrected chi connectivity index (χ3v) is 5.41. The first kappa shape index (κ1) is 16.4. The number of hydrogen-bond donors (Lipinski definition) is 0. The quantitative estimate of drug-likeness (QED) is 0.566. The van der Waals surface area contributed by atoms with Crippen molar-refractivity contribution < 1.29 is 9.13 Å². The normalized spacial score (nSPS) is 20.5. The van der Waals surface area contributed by atoms with E-state index in [1.165, 1.54) is 12.1 Å². The van der Waals surface area contributed by atoms with Crippen molar-refractivity contribution in [1.82, 2.24) is 9.99 Å². The maximum atomic E-state index is 13.3. The Morgan fingerprint density at radius 3 is 2.59 bits per heavy atom. The molecule has 0 aliphatic carbocycles. The van der Waals surface area contributed by atoms with Gasteiger partial charge in [-0.1, -0.05) is 28.1 Å². The largest absolute Gasteiger partial charge is 0.464 e. The molecule has 3 heterocycles. The molecule has 3 aromatic rings. The first-order valence-corrected chi connectivity index (χ1v) is 9.46. The molecule has 2 aliphatic rings. The van der Waals surface area contributed by atoms with Gasteiger partial charge in [0, 0.05) is 34.4 Å². The zero-order valence-electron chi connectivity index (χ0n) is 14.2. The van der Waals surface area contributed by atoms with Crippen LogP contribution in [0.25, 0.3) is 0 Å². The molecule has 0 spiro atoms. The minimum atomic E-state index is -0.329. The smallest absolute Gasteiger partial charge is 0.213 e. The number of hydrogen-bond acceptors (Lipinski definition) is 4. The van der Waals surface area contributed by atoms with Crippen LogP contribution in [-0.2, 0) is 0 Å². The highest BCUT2D eigenvalue weighted by atomic mass is 79.9. The molecular weight excluding hydrogens is 409 g/mol. The Balaban J connectivity index is 1.60. The third kappa shape index (κ3) is 2.90. The van der Waals surface area contributed by atoms with Crippen molar-refractivity contribution >= 4 is 21.6 Å². The van der Waals surface area contributed by atoms with Gasteiger partial charge in [0.05, 0.1) is 11.8 Å². The van der Waals surface area contributed by atoms with Crippen molar-refractivity contribution in [3.05, 3.63) is 94.0 Å². The van der Waals surface area contributed by atoms with Crippen LogP contribution < -0.4 is 4.74 Å². The Morgan fingerprint density at radius 1 is 1.04 bits per heavy atom. The molecule has 4 nitrogen and oxygen atoms in total. The second kappa shape index (κ2) is 6.46. The second-order valence-corrected chi connectivity index (χ2v) is 7.50. The number of aromatic nitrogens is 1. The van der Waals surface area contributed by atoms with E-state index in [4.69, 9.17) is 9.84 Å². The van der Waals surface area contributed by atoms with Gasteiger partial charge in [0.1, 0.15) is 11.6 Å². The highest BCUT2D eigenvalue weighted by molar-refractivity contribution is 9.10. The zero-order chi connectivity index (χ0) is 18.4. The lowest BCUT2D eigenvalue weighted by atomic mass is 9.96. The van der Waals surface area contributed by atoms with Crippen molar-refractivity contribution in [1.29, 1.82) is 0 Å². The fraction of sp³-hybridized carbons (Fsp3) is 0.143. The van der Waals surface area contributed by atoms with Crippen LogP contribution in [0.4, 0.5) is 4.39 Å². The van der Waals surface area contributed by atoms with Crippen LogP contribution in [-0.4, -0.2) is 15.7 Å². The maximum Gasteiger partial charge on any atom is 0.213 e. The summed E-state index contributed by atoms with van der Waals surface area (Å²) in [5.74, 6) is 0.610. The summed E-state index contributed by atoms with van der Waals surface area (Å²) in [7, 11) is 0. The molecule has 27 heavy (non-hydrogen) atoms. The summed E-state index contributed by atoms with van der Waals surface area (Å²) in [6.07, 6.45) is 3.92. The lowest BCUT2D eigenvalue weighted by Crippen LogP contribution is -2.33. The molecule has 2 aliphatic heterocycles. The lowest BCUT2D eigenvalue weighted by Gasteiger charge is -2.38. The van der Waals surface area contributed by atoms with Gasteiger partial charge >= 0.3 is 0 Å². The molecular formula is C21H15BrFN3O. The van der Waals surface area contributed by atoms with Crippen LogP contribution in [0.2, 0.25) is 0 Å². The number of halogens is 2. The summed E-state index contributed by atoms with van der Waals surface area (Å²) in [6.45, 7) is 0. The van der Waals surface area contributed by atoms with E-state index in [1.54, 1.807) is 24.5 Å². The predicted molar refractivity (Wildman–Crippen MR) is 104 cm³/mol. The van der Waals surface area contributed by atoms with Crippen molar-refractivity contribution in [2.24, 2.45) is 5.10 Å². The highest BCUT2D eigenvalue weighted by Crippen LogP contribution is 2.48. The van der Waals surface area contributed by atoms with Crippen LogP contribution in [0, 0.1) is 5.82 Å². The van der Waals surface area contributed by atoms with Gasteiger partial charge in [-0.3, -0.25) is 4.98 Å². The van der Waals surface area contributed by atoms with Gasteiger partial charge in [0.15, 0.2) is 0 Å². The number of ether oxygens (including phenoxy) is 1. The lowest BCUT2D eigenvalue weighted by molar-refractivity contribution is -0.0191. The molecule has 0 fully saturated rings. The van der Waals surface area contributed by atoms with Gasteiger partial charge in [-0.05, 0) is 48.0 Å². The Hall–Kier alpha value is -2.73. The van der Waals surface area contributed by atoms with Crippen LogP contribution >= 0.6 is 15.9 Å². The molecule has 6 heteroatoms. The summed E-state index contributed by atoms with van der Waals surface area (Å²) in [6, 6.07) is 16.5. The van der Waals surface area contributed by atoms with Gasteiger partial charge in [-0.15, -0.1) is 0 Å². The Morgan fingerprint density at radius 2 is 1.81 bits per heavy atom. The zero-order valence-corrected chi connectivity index (χ0v) is 15.8. The summed E-state index contributed by atoms with van der Waals surface area (Å²) in [5.41, 5.74) is 3.94. The molecule has 0 bridgehead atoms. The van der Waals surface area contributed by atoms with Crippen LogP contribution in [0.5, 0.6) is 5.75 Å². The van der Waals surface area contributed by atoms with Gasteiger partial charge in [-0.25, -0.2) is 9.40 Å². The summed E-state index contributed by atoms with van der Waals surface area (Å²) in [4.78, 5) is 4.10. The van der Waals surface area contributed by atoms with Crippen LogP contribution in [0.3, 0.4) is 0 Å². The third-order valence-electron chi connectivity index (χ3n) is 4.92. The second-order valence-electron chi connectivity index (χ2n) is 6.59. The van der Waals surface area contributed by atoms with Gasteiger partial charge in [-0.2, -0.15) is 5.10 Å². The van der Waals surface area contributed by atoms with E-state index in [1.807, 2.05) is 29.3 Å². The van der Waals surface area contributed by atoms with Crippen molar-refractivity contribution in [2.45, 2.75) is 18.7 Å². The predicted octanol–water partition coefficient (Wildman–Crippen LogP) is 5.23. The molecule has 0 saturated carbocycles. The van der Waals surface area contributed by atoms with E-state index in [-0.39, 0.29) is 18.1 Å². The number of hydrazone groups is 1. The SMILES string of the molecule is Fc1ccc(C2=NN3[C@H](C2)c2cc(Br)ccc2O[C@@H]3c2ccncc2)cc1. The minimum absolute atomic E-state index is 0.0597. The average Bonchev–Trinajstić information content (AvgIpc) is 3.14. The van der Waals surface area contributed by atoms with Crippen LogP contribution in [0.15, 0.2) is 76.6 Å². The number of rotatable bonds is 2. The average molecular weight is 424 g/mol. The van der Waals surface area contributed by atoms with E-state index >= 15 is 0 Å². The number of pyridine rings is 1. The number of nitrogens with zero attached hydrogens (tertiary/aromatic N) is 3. The fourth-order valence-electron chi connectivity index (χ4n) is 3.62. The van der Waals surface area contributed by atoms with E-state index < -0.39 is 0 Å². The monoisotopic (exact) mass is 423 g/mol. The summed E-state index contributed by atoms with van der Waals surface area (Å²) in [5, 5.41) is 6.87. The molecule has 1 aromatic heterocycles. The van der Waals surface area contributed by atoms with E-state index in [9.17, 15) is 4.39 Å². The van der Waals surface area contributed by atoms with Crippen molar-refractivity contribution in [2.75, 3.05) is 0 Å². The van der Waals surface area contributed by atoms with Crippen molar-refractivity contribution in [3.8, 4) is 5.75 Å². The van der Waals surface area contributed by atoms with Gasteiger partial charge < -0.3 is 4.74 Å². The molecule has 0 radical (unpaired) electrons. The number of benzene rings is 2. The van der Waals surface area contributed by atoms with E-state index in [0.717, 1.165) is 39.0 Å². The molecule has 2 aromatic carbocycles. The first-order valence-electron chi connectivity index (χ1n) is 8.67. The Kier molecular flexibility index (Phi) is 3.93. The standard InChI is InChI=1S/C21H15BrFN3O/c22-15-3-6-20-17(11-15)19-12-18(13-1-4-16(23)5-2-13)25-26(19)21(27-20)14-7-9-24-10-8-14/h1-11,19,21H,12H2/t19-,21-/m1/s1. The summed E-state index contributed by atoms with van der Waals surface area (Å²) < 4.78 is 20.6. The molecule has 0 N–H and O–H groups in total. The molecule has 0 saturated heterocycles. The Bertz CT molecular complexity index is 1020. The fourth-order valence-corrected chi connectivity index (χ4v) is 4.00.